The van der Waals surface area contributed by atoms with Gasteiger partial charge in [-0.25, -0.2) is 0 Å². The summed E-state index contributed by atoms with van der Waals surface area (Å²) in [5.74, 6) is 0. The molecule has 0 aromatic rings. The molecule has 0 aromatic carbocycles. The van der Waals surface area contributed by atoms with Gasteiger partial charge in [0.2, 0.25) is 0 Å². The van der Waals surface area contributed by atoms with Gasteiger partial charge in [0, 0.05) is 10.2 Å². The third-order valence-corrected chi connectivity index (χ3v) is 5.61. The lowest BCUT2D eigenvalue weighted by molar-refractivity contribution is 0.0853. The van der Waals surface area contributed by atoms with Crippen LogP contribution in [-0.2, 0) is 4.74 Å². The van der Waals surface area contributed by atoms with Gasteiger partial charge in [0.15, 0.2) is 0 Å². The molecule has 1 saturated carbocycles. The molecule has 74 valence electrons. The molecule has 0 saturated heterocycles. The molecule has 0 bridgehead atoms. The minimum atomic E-state index is 0.123. The second kappa shape index (κ2) is 3.25. The van der Waals surface area contributed by atoms with Crippen molar-refractivity contribution < 1.29 is 4.74 Å². The Morgan fingerprint density at radius 2 is 2.31 bits per heavy atom. The number of hydrogen-bond acceptors (Lipinski definition) is 1. The third kappa shape index (κ3) is 1.47. The molecular formula is C10H14BrClO. The fraction of sp³-hybridized carbons (Fsp3) is 0.800. The number of alkyl halides is 2. The zero-order valence-corrected chi connectivity index (χ0v) is 10.2. The van der Waals surface area contributed by atoms with Crippen molar-refractivity contribution in [3.05, 3.63) is 11.6 Å². The van der Waals surface area contributed by atoms with E-state index in [1.807, 2.05) is 0 Å². The van der Waals surface area contributed by atoms with E-state index < -0.39 is 0 Å². The molecule has 1 fully saturated rings. The molecule has 1 aliphatic carbocycles. The fourth-order valence-electron chi connectivity index (χ4n) is 2.04. The first-order valence-corrected chi connectivity index (χ1v) is 5.98. The van der Waals surface area contributed by atoms with Crippen LogP contribution in [0.25, 0.3) is 0 Å². The first kappa shape index (κ1) is 10.0. The third-order valence-electron chi connectivity index (χ3n) is 3.16. The van der Waals surface area contributed by atoms with E-state index in [1.54, 1.807) is 0 Å². The summed E-state index contributed by atoms with van der Waals surface area (Å²) in [6.45, 7) is 5.17. The van der Waals surface area contributed by atoms with E-state index in [2.05, 4.69) is 35.9 Å². The Balaban J connectivity index is 2.28. The lowest BCUT2D eigenvalue weighted by Crippen LogP contribution is -2.44. The zero-order chi connectivity index (χ0) is 9.64. The quantitative estimate of drug-likeness (QED) is 0.483. The van der Waals surface area contributed by atoms with Crippen LogP contribution in [0.1, 0.15) is 20.3 Å². The summed E-state index contributed by atoms with van der Waals surface area (Å²) in [4.78, 5) is 0.365. The number of ether oxygens (including phenoxy) is 1. The lowest BCUT2D eigenvalue weighted by Gasteiger charge is -2.42. The van der Waals surface area contributed by atoms with E-state index in [0.717, 1.165) is 13.0 Å². The van der Waals surface area contributed by atoms with Crippen LogP contribution in [0.3, 0.4) is 0 Å². The highest BCUT2D eigenvalue weighted by Crippen LogP contribution is 2.48. The van der Waals surface area contributed by atoms with Crippen molar-refractivity contribution in [2.45, 2.75) is 36.6 Å². The summed E-state index contributed by atoms with van der Waals surface area (Å²) in [7, 11) is 0. The van der Waals surface area contributed by atoms with Crippen molar-refractivity contribution in [2.24, 2.45) is 5.41 Å². The molecule has 1 nitrogen and oxygen atoms in total. The van der Waals surface area contributed by atoms with Crippen molar-refractivity contribution in [1.82, 2.24) is 0 Å². The number of halogens is 2. The monoisotopic (exact) mass is 264 g/mol. The van der Waals surface area contributed by atoms with Gasteiger partial charge in [-0.15, -0.1) is 11.6 Å². The predicted octanol–water partition coefficient (Wildman–Crippen LogP) is 3.11. The first-order valence-electron chi connectivity index (χ1n) is 4.63. The first-order chi connectivity index (χ1) is 6.03. The van der Waals surface area contributed by atoms with Crippen LogP contribution in [0.2, 0.25) is 0 Å². The predicted molar refractivity (Wildman–Crippen MR) is 58.6 cm³/mol. The smallest absolute Gasteiger partial charge is 0.0815 e. The largest absolute Gasteiger partial charge is 0.370 e. The minimum absolute atomic E-state index is 0.123. The van der Waals surface area contributed by atoms with E-state index >= 15 is 0 Å². The lowest BCUT2D eigenvalue weighted by atomic mass is 9.73. The molecule has 0 N–H and O–H groups in total. The maximum absolute atomic E-state index is 6.33. The van der Waals surface area contributed by atoms with E-state index in [4.69, 9.17) is 16.3 Å². The number of rotatable bonds is 0. The van der Waals surface area contributed by atoms with Gasteiger partial charge in [-0.3, -0.25) is 0 Å². The Morgan fingerprint density at radius 3 is 3.00 bits per heavy atom. The van der Waals surface area contributed by atoms with Gasteiger partial charge >= 0.3 is 0 Å². The molecule has 2 aliphatic rings. The molecule has 2 rings (SSSR count). The Hall–Kier alpha value is 0.470. The standard InChI is InChI=1S/C10H14BrClO/c1-10(2)8(12)5-7-6(9(10)11)3-4-13-7/h3,7-9H,4-5H2,1-2H3/t7-,8+,9-/m1/s1. The van der Waals surface area contributed by atoms with Crippen molar-refractivity contribution in [3.8, 4) is 0 Å². The molecule has 1 aliphatic heterocycles. The van der Waals surface area contributed by atoms with Crippen molar-refractivity contribution in [1.29, 1.82) is 0 Å². The van der Waals surface area contributed by atoms with Crippen LogP contribution in [0.4, 0.5) is 0 Å². The van der Waals surface area contributed by atoms with Crippen molar-refractivity contribution in [2.75, 3.05) is 6.61 Å². The molecule has 0 spiro atoms. The minimum Gasteiger partial charge on any atom is -0.370 e. The Labute approximate surface area is 92.6 Å². The van der Waals surface area contributed by atoms with Crippen LogP contribution < -0.4 is 0 Å². The van der Waals surface area contributed by atoms with Gasteiger partial charge in [-0.05, 0) is 17.4 Å². The average Bonchev–Trinajstić information content (AvgIpc) is 2.49. The summed E-state index contributed by atoms with van der Waals surface area (Å²) < 4.78 is 5.58. The van der Waals surface area contributed by atoms with Crippen LogP contribution in [0, 0.1) is 5.41 Å². The van der Waals surface area contributed by atoms with Crippen LogP contribution in [0.5, 0.6) is 0 Å². The van der Waals surface area contributed by atoms with Crippen LogP contribution in [0.15, 0.2) is 11.6 Å². The average molecular weight is 266 g/mol. The van der Waals surface area contributed by atoms with Gasteiger partial charge in [-0.1, -0.05) is 35.9 Å². The fourth-order valence-corrected chi connectivity index (χ4v) is 3.28. The van der Waals surface area contributed by atoms with Gasteiger partial charge in [0.25, 0.3) is 0 Å². The van der Waals surface area contributed by atoms with E-state index in [0.29, 0.717) is 4.83 Å². The Bertz CT molecular complexity index is 249. The maximum atomic E-state index is 6.33. The van der Waals surface area contributed by atoms with Crippen molar-refractivity contribution >= 4 is 27.5 Å². The van der Waals surface area contributed by atoms with Gasteiger partial charge in [-0.2, -0.15) is 0 Å². The maximum Gasteiger partial charge on any atom is 0.0815 e. The SMILES string of the molecule is CC1(C)[C@H](Br)C2=CCO[C@@H]2C[C@@H]1Cl. The van der Waals surface area contributed by atoms with Crippen LogP contribution >= 0.6 is 27.5 Å². The summed E-state index contributed by atoms with van der Waals surface area (Å²) in [6, 6.07) is 0. The highest BCUT2D eigenvalue weighted by Gasteiger charge is 2.46. The molecular weight excluding hydrogens is 251 g/mol. The molecule has 0 amide bonds. The summed E-state index contributed by atoms with van der Waals surface area (Å²) in [6.07, 6.45) is 3.40. The Morgan fingerprint density at radius 1 is 1.62 bits per heavy atom. The van der Waals surface area contributed by atoms with Gasteiger partial charge in [0.05, 0.1) is 12.7 Å². The second-order valence-corrected chi connectivity index (χ2v) is 5.86. The van der Waals surface area contributed by atoms with Crippen LogP contribution in [-0.4, -0.2) is 22.9 Å². The number of hydrogen-bond donors (Lipinski definition) is 0. The normalized spacial score (nSPS) is 42.8. The molecule has 0 radical (unpaired) electrons. The molecule has 0 unspecified atom stereocenters. The Kier molecular flexibility index (Phi) is 2.50. The summed E-state index contributed by atoms with van der Waals surface area (Å²) >= 11 is 10.1. The topological polar surface area (TPSA) is 9.23 Å². The number of fused-ring (bicyclic) bond motifs is 1. The molecule has 0 aromatic heterocycles. The van der Waals surface area contributed by atoms with E-state index in [-0.39, 0.29) is 16.9 Å². The highest BCUT2D eigenvalue weighted by atomic mass is 79.9. The molecule has 13 heavy (non-hydrogen) atoms. The van der Waals surface area contributed by atoms with E-state index in [9.17, 15) is 0 Å². The molecule has 3 atom stereocenters. The van der Waals surface area contributed by atoms with Crippen molar-refractivity contribution in [3.63, 3.8) is 0 Å². The molecule has 1 heterocycles. The highest BCUT2D eigenvalue weighted by molar-refractivity contribution is 9.09. The van der Waals surface area contributed by atoms with Gasteiger partial charge in [0.1, 0.15) is 0 Å². The zero-order valence-electron chi connectivity index (χ0n) is 7.89. The van der Waals surface area contributed by atoms with Gasteiger partial charge < -0.3 is 4.74 Å². The molecule has 3 heteroatoms. The summed E-state index contributed by atoms with van der Waals surface area (Å²) in [5.41, 5.74) is 1.51. The summed E-state index contributed by atoms with van der Waals surface area (Å²) in [5, 5.41) is 0.192. The van der Waals surface area contributed by atoms with E-state index in [1.165, 1.54) is 5.57 Å². The second-order valence-electron chi connectivity index (χ2n) is 4.41.